The molecule has 24 valence electrons. The van der Waals surface area contributed by atoms with Gasteiger partial charge in [0.05, 0.1) is 0 Å². The summed E-state index contributed by atoms with van der Waals surface area (Å²) in [4.78, 5) is 0. The molecule has 0 fully saturated rings. The molecule has 0 aromatic carbocycles. The average molecular weight is 59.0 g/mol. The predicted molar refractivity (Wildman–Crippen MR) is 11.9 cm³/mol. The van der Waals surface area contributed by atoms with E-state index < -0.39 is 6.02 Å². The molecule has 0 aliphatic carbocycles. The summed E-state index contributed by atoms with van der Waals surface area (Å²) < 4.78 is 0. The first-order chi connectivity index (χ1) is 1.73. The Labute approximate surface area is 23.6 Å². The molecule has 3 nitrogen and oxygen atoms in total. The fraction of sp³-hybridized carbons (Fsp3) is 0. The maximum absolute atomic E-state index is 8.89. The van der Waals surface area contributed by atoms with Crippen molar-refractivity contribution < 1.29 is 5.11 Å². The summed E-state index contributed by atoms with van der Waals surface area (Å²) in [5, 5.41) is 14.6. The number of nitrogens with one attached hydrogen (secondary N) is 1. The van der Waals surface area contributed by atoms with E-state index >= 15 is 0 Å². The van der Waals surface area contributed by atoms with Gasteiger partial charge in [0.1, 0.15) is 0 Å². The number of hydrogen-bond acceptors (Lipinski definition) is 2. The molecule has 0 aliphatic heterocycles. The SMILES string of the molecule is N=C(N)[O-]. The minimum Gasteiger partial charge on any atom is -0.847 e. The molecule has 3 heteroatoms. The number of amidine groups is 1. The van der Waals surface area contributed by atoms with E-state index in [1.54, 1.807) is 0 Å². The number of hydrogen-bond donors (Lipinski definition) is 2. The third-order valence-electron chi connectivity index (χ3n) is 0. The highest BCUT2D eigenvalue weighted by Crippen LogP contribution is 1.11. The van der Waals surface area contributed by atoms with Crippen LogP contribution < -0.4 is 10.8 Å². The monoisotopic (exact) mass is 59.0 g/mol. The van der Waals surface area contributed by atoms with E-state index in [0.717, 1.165) is 0 Å². The van der Waals surface area contributed by atoms with E-state index in [1.807, 2.05) is 0 Å². The van der Waals surface area contributed by atoms with Crippen LogP contribution in [0, 0.1) is 5.41 Å². The summed E-state index contributed by atoms with van der Waals surface area (Å²) in [5.41, 5.74) is 4.14. The number of nitrogens with two attached hydrogens (primary N) is 1. The van der Waals surface area contributed by atoms with Crippen molar-refractivity contribution in [3.05, 3.63) is 0 Å². The van der Waals surface area contributed by atoms with Crippen LogP contribution in [0.1, 0.15) is 0 Å². The van der Waals surface area contributed by atoms with Crippen molar-refractivity contribution in [2.75, 3.05) is 0 Å². The minimum absolute atomic E-state index is 1.08. The van der Waals surface area contributed by atoms with E-state index in [1.165, 1.54) is 0 Å². The van der Waals surface area contributed by atoms with Gasteiger partial charge in [-0.3, -0.25) is 5.41 Å². The van der Waals surface area contributed by atoms with Gasteiger partial charge in [-0.2, -0.15) is 0 Å². The number of rotatable bonds is 0. The van der Waals surface area contributed by atoms with Crippen LogP contribution in [0.5, 0.6) is 0 Å². The molecule has 0 saturated carbocycles. The summed E-state index contributed by atoms with van der Waals surface area (Å²) in [6, 6.07) is -1.08. The van der Waals surface area contributed by atoms with Crippen molar-refractivity contribution in [3.63, 3.8) is 0 Å². The second-order valence-electron chi connectivity index (χ2n) is 0.364. The molecule has 3 N–H and O–H groups in total. The fourth-order valence-corrected chi connectivity index (χ4v) is 0. The molecule has 0 aromatic heterocycles. The van der Waals surface area contributed by atoms with E-state index in [-0.39, 0.29) is 0 Å². The van der Waals surface area contributed by atoms with E-state index in [0.29, 0.717) is 0 Å². The zero-order valence-corrected chi connectivity index (χ0v) is 1.99. The van der Waals surface area contributed by atoms with Gasteiger partial charge in [-0.25, -0.2) is 0 Å². The molecule has 0 aromatic rings. The lowest BCUT2D eigenvalue weighted by Crippen LogP contribution is -2.25. The second-order valence-corrected chi connectivity index (χ2v) is 0.364. The molecule has 0 aliphatic rings. The molecule has 0 unspecified atom stereocenters. The van der Waals surface area contributed by atoms with Crippen LogP contribution in [0.2, 0.25) is 0 Å². The van der Waals surface area contributed by atoms with Crippen LogP contribution in [-0.4, -0.2) is 6.02 Å². The standard InChI is InChI=1S/CH4N2O/c2-1(3)4/h(H4,2,3,4)/p-1. The van der Waals surface area contributed by atoms with Crippen molar-refractivity contribution in [1.82, 2.24) is 0 Å². The first kappa shape index (κ1) is 3.27. The van der Waals surface area contributed by atoms with Crippen molar-refractivity contribution in [1.29, 1.82) is 5.41 Å². The van der Waals surface area contributed by atoms with Gasteiger partial charge in [0.25, 0.3) is 0 Å². The molecule has 0 saturated heterocycles. The second kappa shape index (κ2) is 0.711. The summed E-state index contributed by atoms with van der Waals surface area (Å²) in [5.74, 6) is 0. The van der Waals surface area contributed by atoms with Crippen LogP contribution in [0.4, 0.5) is 0 Å². The van der Waals surface area contributed by atoms with Crippen LogP contribution in [0.3, 0.4) is 0 Å². The topological polar surface area (TPSA) is 72.9 Å². The maximum Gasteiger partial charge on any atom is 0.0409 e. The maximum atomic E-state index is 8.89. The summed E-state index contributed by atoms with van der Waals surface area (Å²) in [6.07, 6.45) is 0. The zero-order valence-electron chi connectivity index (χ0n) is 1.99. The first-order valence-electron chi connectivity index (χ1n) is 0.743. The van der Waals surface area contributed by atoms with Gasteiger partial charge in [-0.15, -0.1) is 0 Å². The predicted octanol–water partition coefficient (Wildman–Crippen LogP) is -1.76. The van der Waals surface area contributed by atoms with Crippen LogP contribution in [0.15, 0.2) is 0 Å². The van der Waals surface area contributed by atoms with Gasteiger partial charge in [-0.05, 0) is 0 Å². The summed E-state index contributed by atoms with van der Waals surface area (Å²) in [7, 11) is 0. The normalized spacial score (nSPS) is 6.00. The molecule has 0 spiro atoms. The smallest absolute Gasteiger partial charge is 0.0409 e. The first-order valence-corrected chi connectivity index (χ1v) is 0.743. The third-order valence-corrected chi connectivity index (χ3v) is 0. The molecule has 4 heavy (non-hydrogen) atoms. The molecule has 0 heterocycles. The Bertz CT molecular complexity index is 29.0. The third kappa shape index (κ3) is 0.174. The molecule has 0 amide bonds. The Morgan fingerprint density at radius 1 is 2.00 bits per heavy atom. The summed E-state index contributed by atoms with van der Waals surface area (Å²) >= 11 is 0. The molecular weight excluding hydrogens is 56.0 g/mol. The highest BCUT2D eigenvalue weighted by Gasteiger charge is 1.36. The Morgan fingerprint density at radius 2 is 2.00 bits per heavy atom. The lowest BCUT2D eigenvalue weighted by Gasteiger charge is -1.89. The van der Waals surface area contributed by atoms with Crippen molar-refractivity contribution in [2.24, 2.45) is 5.73 Å². The van der Waals surface area contributed by atoms with E-state index in [4.69, 9.17) is 10.5 Å². The highest BCUT2D eigenvalue weighted by atomic mass is 16.3. The minimum atomic E-state index is -1.08. The van der Waals surface area contributed by atoms with Gasteiger partial charge in [0.2, 0.25) is 0 Å². The van der Waals surface area contributed by atoms with Crippen LogP contribution >= 0.6 is 0 Å². The Balaban J connectivity index is 2.80. The Hall–Kier alpha value is -0.730. The van der Waals surface area contributed by atoms with Crippen LogP contribution in [0.25, 0.3) is 0 Å². The molecule has 0 radical (unpaired) electrons. The van der Waals surface area contributed by atoms with Crippen molar-refractivity contribution in [2.45, 2.75) is 0 Å². The van der Waals surface area contributed by atoms with E-state index in [2.05, 4.69) is 5.73 Å². The van der Waals surface area contributed by atoms with Gasteiger partial charge in [0.15, 0.2) is 0 Å². The van der Waals surface area contributed by atoms with Crippen molar-refractivity contribution >= 4 is 6.02 Å². The lowest BCUT2D eigenvalue weighted by atomic mass is 11.3. The molecule has 0 bridgehead atoms. The van der Waals surface area contributed by atoms with Gasteiger partial charge in [0, 0.05) is 6.02 Å². The quantitative estimate of drug-likeness (QED) is 0.256. The lowest BCUT2D eigenvalue weighted by molar-refractivity contribution is -0.219. The molecule has 0 rings (SSSR count). The van der Waals surface area contributed by atoms with E-state index in [9.17, 15) is 0 Å². The highest BCUT2D eigenvalue weighted by molar-refractivity contribution is 5.61. The molecule has 0 atom stereocenters. The van der Waals surface area contributed by atoms with Crippen molar-refractivity contribution in [3.8, 4) is 0 Å². The average Bonchev–Trinajstić information content (AvgIpc) is 0.811. The summed E-state index contributed by atoms with van der Waals surface area (Å²) in [6.45, 7) is 0. The Kier molecular flexibility index (Phi) is 0.581. The zero-order chi connectivity index (χ0) is 3.58. The van der Waals surface area contributed by atoms with Gasteiger partial charge < -0.3 is 10.8 Å². The van der Waals surface area contributed by atoms with Gasteiger partial charge >= 0.3 is 0 Å². The fourth-order valence-electron chi connectivity index (χ4n) is 0. The van der Waals surface area contributed by atoms with Crippen LogP contribution in [-0.2, 0) is 0 Å². The largest absolute Gasteiger partial charge is 0.847 e. The molecular formula is CH3N2O-. The Morgan fingerprint density at radius 3 is 2.00 bits per heavy atom. The van der Waals surface area contributed by atoms with Gasteiger partial charge in [-0.1, -0.05) is 0 Å².